The molecule has 0 saturated carbocycles. The van der Waals surface area contributed by atoms with E-state index in [1.807, 2.05) is 21.1 Å². The molecule has 0 aliphatic heterocycles. The molecule has 0 radical (unpaired) electrons. The molecule has 0 aromatic carbocycles. The van der Waals surface area contributed by atoms with Crippen LogP contribution in [0.1, 0.15) is 348 Å². The molecule has 0 saturated heterocycles. The average Bonchev–Trinajstić information content (AvgIpc) is 1.25. The molecule has 0 N–H and O–H groups in total. The number of carbonyl (C=O) groups excluding carboxylic acids is 3. The Hall–Kier alpha value is -5.09. The van der Waals surface area contributed by atoms with Crippen molar-refractivity contribution in [2.75, 3.05) is 47.5 Å². The van der Waals surface area contributed by atoms with Crippen molar-refractivity contribution in [3.05, 3.63) is 158 Å². The van der Waals surface area contributed by atoms with Crippen LogP contribution in [0.2, 0.25) is 0 Å². The minimum Gasteiger partial charge on any atom is -0.545 e. The van der Waals surface area contributed by atoms with Crippen molar-refractivity contribution in [3.63, 3.8) is 0 Å². The summed E-state index contributed by atoms with van der Waals surface area (Å²) in [7, 11) is 5.93. The number of quaternary nitrogens is 1. The number of rotatable bonds is 76. The van der Waals surface area contributed by atoms with Crippen LogP contribution in [0, 0.1) is 0 Å². The molecule has 576 valence electrons. The first kappa shape index (κ1) is 95.9. The van der Waals surface area contributed by atoms with Gasteiger partial charge in [-0.1, -0.05) is 364 Å². The molecule has 0 spiro atoms. The number of carboxylic acid groups (broad SMARTS) is 1. The van der Waals surface area contributed by atoms with Crippen LogP contribution in [0.15, 0.2) is 158 Å². The largest absolute Gasteiger partial charge is 0.545 e. The predicted molar refractivity (Wildman–Crippen MR) is 435 cm³/mol. The van der Waals surface area contributed by atoms with E-state index in [9.17, 15) is 19.5 Å². The van der Waals surface area contributed by atoms with E-state index in [2.05, 4.69) is 172 Å². The Balaban J connectivity index is 4.07. The first-order valence-electron chi connectivity index (χ1n) is 41.6. The Labute approximate surface area is 623 Å². The Bertz CT molecular complexity index is 2230. The first-order valence-corrected chi connectivity index (χ1v) is 41.6. The van der Waals surface area contributed by atoms with E-state index in [0.717, 1.165) is 135 Å². The van der Waals surface area contributed by atoms with Gasteiger partial charge < -0.3 is 33.3 Å². The van der Waals surface area contributed by atoms with Crippen molar-refractivity contribution in [3.8, 4) is 0 Å². The number of carboxylic acids is 1. The van der Waals surface area contributed by atoms with Gasteiger partial charge in [0, 0.05) is 12.8 Å². The summed E-state index contributed by atoms with van der Waals surface area (Å²) in [6.45, 7) is 4.62. The normalized spacial score (nSPS) is 13.5. The molecule has 101 heavy (non-hydrogen) atoms. The maximum absolute atomic E-state index is 13.0. The van der Waals surface area contributed by atoms with E-state index < -0.39 is 24.3 Å². The minimum absolute atomic E-state index is 0.138. The predicted octanol–water partition coefficient (Wildman–Crippen LogP) is 25.8. The number of likely N-dealkylation sites (N-methyl/N-ethyl adjacent to an activating group) is 1. The van der Waals surface area contributed by atoms with Gasteiger partial charge in [0.1, 0.15) is 13.2 Å². The van der Waals surface area contributed by atoms with Gasteiger partial charge >= 0.3 is 11.9 Å². The topological polar surface area (TPSA) is 111 Å². The van der Waals surface area contributed by atoms with Gasteiger partial charge in [0.25, 0.3) is 0 Å². The Morgan fingerprint density at radius 1 is 0.307 bits per heavy atom. The van der Waals surface area contributed by atoms with Crippen LogP contribution in [0.25, 0.3) is 0 Å². The van der Waals surface area contributed by atoms with E-state index >= 15 is 0 Å². The van der Waals surface area contributed by atoms with Crippen molar-refractivity contribution in [2.24, 2.45) is 0 Å². The average molecular weight is 1400 g/mol. The lowest BCUT2D eigenvalue weighted by molar-refractivity contribution is -0.870. The van der Waals surface area contributed by atoms with Crippen LogP contribution in [0.4, 0.5) is 0 Å². The highest BCUT2D eigenvalue weighted by molar-refractivity contribution is 5.70. The van der Waals surface area contributed by atoms with Gasteiger partial charge in [0.2, 0.25) is 0 Å². The van der Waals surface area contributed by atoms with E-state index in [1.165, 1.54) is 180 Å². The number of allylic oxidation sites excluding steroid dienone is 26. The lowest BCUT2D eigenvalue weighted by atomic mass is 10.0. The molecule has 2 unspecified atom stereocenters. The van der Waals surface area contributed by atoms with Crippen molar-refractivity contribution < 1.29 is 42.9 Å². The lowest BCUT2D eigenvalue weighted by Crippen LogP contribution is -2.44. The fourth-order valence-corrected chi connectivity index (χ4v) is 11.5. The summed E-state index contributed by atoms with van der Waals surface area (Å²) in [5.74, 6) is -2.30. The van der Waals surface area contributed by atoms with E-state index in [4.69, 9.17) is 18.9 Å². The molecule has 9 heteroatoms. The van der Waals surface area contributed by atoms with Crippen LogP contribution in [-0.2, 0) is 33.3 Å². The highest BCUT2D eigenvalue weighted by atomic mass is 16.7. The second-order valence-corrected chi connectivity index (χ2v) is 28.7. The van der Waals surface area contributed by atoms with Crippen molar-refractivity contribution >= 4 is 17.9 Å². The zero-order chi connectivity index (χ0) is 73.2. The van der Waals surface area contributed by atoms with Crippen molar-refractivity contribution in [1.82, 2.24) is 0 Å². The summed E-state index contributed by atoms with van der Waals surface area (Å²) in [4.78, 5) is 37.6. The van der Waals surface area contributed by atoms with E-state index in [1.54, 1.807) is 0 Å². The van der Waals surface area contributed by atoms with Crippen LogP contribution >= 0.6 is 0 Å². The Morgan fingerprint density at radius 2 is 0.564 bits per heavy atom. The zero-order valence-electron chi connectivity index (χ0n) is 66.0. The number of unbranched alkanes of at least 4 members (excludes halogenated alkanes) is 35. The highest BCUT2D eigenvalue weighted by Gasteiger charge is 2.22. The van der Waals surface area contributed by atoms with Gasteiger partial charge in [0.05, 0.1) is 40.3 Å². The third-order valence-corrected chi connectivity index (χ3v) is 17.8. The third kappa shape index (κ3) is 82.1. The van der Waals surface area contributed by atoms with E-state index in [0.29, 0.717) is 17.4 Å². The maximum Gasteiger partial charge on any atom is 0.306 e. The number of hydrogen-bond acceptors (Lipinski definition) is 8. The van der Waals surface area contributed by atoms with Gasteiger partial charge in [-0.15, -0.1) is 0 Å². The number of carbonyl (C=O) groups is 3. The van der Waals surface area contributed by atoms with Gasteiger partial charge in [-0.2, -0.15) is 0 Å². The summed E-state index contributed by atoms with van der Waals surface area (Å²) >= 11 is 0. The molecule has 0 aliphatic rings. The number of aliphatic carboxylic acids is 1. The highest BCUT2D eigenvalue weighted by Crippen LogP contribution is 2.18. The second-order valence-electron chi connectivity index (χ2n) is 28.7. The summed E-state index contributed by atoms with van der Waals surface area (Å²) in [6.07, 6.45) is 117. The van der Waals surface area contributed by atoms with Gasteiger partial charge in [-0.05, 0) is 128 Å². The molecule has 9 nitrogen and oxygen atoms in total. The molecule has 2 atom stereocenters. The second kappa shape index (κ2) is 80.6. The molecule has 0 aromatic heterocycles. The van der Waals surface area contributed by atoms with Crippen LogP contribution in [0.5, 0.6) is 0 Å². The van der Waals surface area contributed by atoms with Gasteiger partial charge in [0.15, 0.2) is 12.4 Å². The Morgan fingerprint density at radius 3 is 0.842 bits per heavy atom. The number of esters is 2. The zero-order valence-corrected chi connectivity index (χ0v) is 66.0. The molecule has 0 aliphatic carbocycles. The summed E-state index contributed by atoms with van der Waals surface area (Å²) in [5.41, 5.74) is 0. The maximum atomic E-state index is 13.0. The lowest BCUT2D eigenvalue weighted by Gasteiger charge is -2.26. The molecule has 0 bridgehead atoms. The van der Waals surface area contributed by atoms with Gasteiger partial charge in [-0.25, -0.2) is 0 Å². The third-order valence-electron chi connectivity index (χ3n) is 17.8. The van der Waals surface area contributed by atoms with Crippen molar-refractivity contribution in [1.29, 1.82) is 0 Å². The molecule has 0 amide bonds. The molecular formula is C92H155NO8. The molecule has 0 rings (SSSR count). The van der Waals surface area contributed by atoms with Crippen LogP contribution < -0.4 is 5.11 Å². The fourth-order valence-electron chi connectivity index (χ4n) is 11.5. The van der Waals surface area contributed by atoms with Crippen LogP contribution in [0.3, 0.4) is 0 Å². The number of nitrogens with zero attached hydrogens (tertiary/aromatic N) is 1. The van der Waals surface area contributed by atoms with E-state index in [-0.39, 0.29) is 38.6 Å². The summed E-state index contributed by atoms with van der Waals surface area (Å²) < 4.78 is 22.8. The first-order chi connectivity index (χ1) is 49.6. The smallest absolute Gasteiger partial charge is 0.306 e. The molecule has 0 aromatic rings. The monoisotopic (exact) mass is 1400 g/mol. The quantitative estimate of drug-likeness (QED) is 0.0195. The SMILES string of the molecule is CC/C=C\C/C=C\C/C=C\C/C=C\C/C=C\C/C=C\C/C=C\C/C=C\C/C=C\C/C=C\CCCCCCCCC(=O)OC(COC(=O)CCCCCCCCCCCCCCCCCCCCCCCCCC/C=C\C/C=C\C/C=C\CCCCCCC)COC(OCC[N+](C)(C)C)C(=O)[O-]. The number of hydrogen-bond donors (Lipinski definition) is 0. The van der Waals surface area contributed by atoms with Gasteiger partial charge in [-0.3, -0.25) is 9.59 Å². The molecule has 0 heterocycles. The van der Waals surface area contributed by atoms with Crippen LogP contribution in [-0.4, -0.2) is 82.3 Å². The summed E-state index contributed by atoms with van der Waals surface area (Å²) in [5, 5.41) is 11.9. The number of ether oxygens (including phenoxy) is 4. The standard InChI is InChI=1S/C92H155NO8/c1-6-8-10-12-14-16-18-20-22-24-26-28-30-32-34-36-38-40-42-44-45-47-48-50-52-54-56-58-60-62-64-66-68-70-72-74-76-78-80-82-89(94)99-86-88(87-100-92(91(96)97)98-85-84-93(3,4)5)101-90(95)83-81-79-77-75-73-71-69-67-65-63-61-59-57-55-53-51-49-46-43-41-39-37-35-33-31-29-27-25-23-21-19-17-15-13-11-9-7-2/h9,11,15,17-18,20-21,23-24,26-27,29-30,32-33,35,39,41,46,49,53,55,59,61,65,67,88,92H,6-8,10,12-14,16,19,22,25,28,31,34,36-38,40,42-45,47-48,50-52,54,56-58,60,62-64,66,68-87H2,1-5H3/b11-9-,17-15-,20-18-,23-21-,26-24-,29-27-,32-30-,35-33-,41-39-,49-46-,55-53-,61-59-,67-65-. The fraction of sp³-hybridized carbons (Fsp3) is 0.685. The molecule has 0 fully saturated rings. The summed E-state index contributed by atoms with van der Waals surface area (Å²) in [6, 6.07) is 0. The van der Waals surface area contributed by atoms with Crippen molar-refractivity contribution in [2.45, 2.75) is 360 Å². The molecular weight excluding hydrogens is 1250 g/mol. The Kier molecular flexibility index (Phi) is 76.5. The minimum atomic E-state index is -1.64.